The lowest BCUT2D eigenvalue weighted by atomic mass is 10.0. The number of methoxy groups -OCH3 is 1. The fourth-order valence-electron chi connectivity index (χ4n) is 3.59. The molecular formula is C19H16FN3O3. The summed E-state index contributed by atoms with van der Waals surface area (Å²) in [6.07, 6.45) is 0. The summed E-state index contributed by atoms with van der Waals surface area (Å²) in [5.41, 5.74) is 3.84. The molecule has 0 atom stereocenters. The minimum atomic E-state index is -0.337. The van der Waals surface area contributed by atoms with Crippen LogP contribution in [0.5, 0.6) is 11.8 Å². The van der Waals surface area contributed by atoms with Gasteiger partial charge in [-0.05, 0) is 49.6 Å². The molecule has 0 saturated carbocycles. The Morgan fingerprint density at radius 3 is 2.50 bits per heavy atom. The number of nitrogens with one attached hydrogen (secondary N) is 1. The Labute approximate surface area is 147 Å². The standard InChI is InChI=1S/C19H16FN3O3/c1-8-5-11-14-13-6-9(2)12(7-21)18(25-4)23(13)19(26-24)17(14)22-16(11)15(20)10(8)3/h5-6,22,24H,1-4H3. The van der Waals surface area contributed by atoms with Crippen molar-refractivity contribution in [3.05, 3.63) is 40.2 Å². The van der Waals surface area contributed by atoms with Gasteiger partial charge in [-0.15, -0.1) is 0 Å². The Kier molecular flexibility index (Phi) is 3.36. The number of pyridine rings is 1. The van der Waals surface area contributed by atoms with Crippen molar-refractivity contribution < 1.29 is 19.3 Å². The molecule has 0 amide bonds. The van der Waals surface area contributed by atoms with Crippen molar-refractivity contribution in [1.82, 2.24) is 9.38 Å². The molecule has 26 heavy (non-hydrogen) atoms. The van der Waals surface area contributed by atoms with E-state index >= 15 is 0 Å². The van der Waals surface area contributed by atoms with Crippen LogP contribution in [0.1, 0.15) is 22.3 Å². The van der Waals surface area contributed by atoms with Crippen molar-refractivity contribution in [2.75, 3.05) is 7.11 Å². The monoisotopic (exact) mass is 353 g/mol. The second kappa shape index (κ2) is 5.38. The summed E-state index contributed by atoms with van der Waals surface area (Å²) >= 11 is 0. The zero-order valence-electron chi connectivity index (χ0n) is 14.7. The number of fused-ring (bicyclic) bond motifs is 5. The molecule has 1 aromatic carbocycles. The maximum Gasteiger partial charge on any atom is 0.268 e. The quantitative estimate of drug-likeness (QED) is 0.414. The van der Waals surface area contributed by atoms with Gasteiger partial charge in [-0.3, -0.25) is 0 Å². The van der Waals surface area contributed by atoms with Gasteiger partial charge in [0, 0.05) is 10.8 Å². The van der Waals surface area contributed by atoms with E-state index in [-0.39, 0.29) is 17.6 Å². The summed E-state index contributed by atoms with van der Waals surface area (Å²) in [5.74, 6) is -0.0570. The van der Waals surface area contributed by atoms with Crippen LogP contribution in [0.4, 0.5) is 4.39 Å². The molecule has 0 aliphatic carbocycles. The van der Waals surface area contributed by atoms with Gasteiger partial charge in [0.25, 0.3) is 5.88 Å². The molecule has 4 aromatic rings. The average molecular weight is 353 g/mol. The van der Waals surface area contributed by atoms with Gasteiger partial charge in [-0.2, -0.15) is 5.26 Å². The summed E-state index contributed by atoms with van der Waals surface area (Å²) < 4.78 is 21.7. The number of H-pyrrole nitrogens is 1. The SMILES string of the molecule is COc1c(C#N)c(C)cc2c3c([nH]c4c(F)c(C)c(C)cc43)c(OO)n12. The highest BCUT2D eigenvalue weighted by atomic mass is 19.1. The summed E-state index contributed by atoms with van der Waals surface area (Å²) in [7, 11) is 1.44. The van der Waals surface area contributed by atoms with Crippen molar-refractivity contribution in [1.29, 1.82) is 5.26 Å². The number of hydrogen-bond donors (Lipinski definition) is 2. The Morgan fingerprint density at radius 1 is 1.15 bits per heavy atom. The average Bonchev–Trinajstić information content (AvgIpc) is 3.13. The number of hydrogen-bond acceptors (Lipinski definition) is 4. The Balaban J connectivity index is 2.34. The van der Waals surface area contributed by atoms with Gasteiger partial charge < -0.3 is 14.6 Å². The van der Waals surface area contributed by atoms with Gasteiger partial charge in [-0.25, -0.2) is 14.0 Å². The number of halogens is 1. The van der Waals surface area contributed by atoms with Crippen molar-refractivity contribution in [2.24, 2.45) is 0 Å². The predicted octanol–water partition coefficient (Wildman–Crippen LogP) is 4.37. The molecule has 132 valence electrons. The largest absolute Gasteiger partial charge is 0.481 e. The maximum atomic E-state index is 14.7. The minimum absolute atomic E-state index is 0.0363. The van der Waals surface area contributed by atoms with Crippen molar-refractivity contribution in [3.63, 3.8) is 0 Å². The minimum Gasteiger partial charge on any atom is -0.481 e. The highest BCUT2D eigenvalue weighted by Gasteiger charge is 2.25. The van der Waals surface area contributed by atoms with E-state index in [1.807, 2.05) is 13.0 Å². The van der Waals surface area contributed by atoms with Crippen LogP contribution in [0.15, 0.2) is 12.1 Å². The molecule has 0 saturated heterocycles. The van der Waals surface area contributed by atoms with E-state index in [0.717, 1.165) is 5.56 Å². The number of aryl methyl sites for hydroxylation is 2. The zero-order valence-corrected chi connectivity index (χ0v) is 14.7. The van der Waals surface area contributed by atoms with Crippen LogP contribution in [0, 0.1) is 37.9 Å². The van der Waals surface area contributed by atoms with Crippen molar-refractivity contribution in [3.8, 4) is 17.8 Å². The topological polar surface area (TPSA) is 82.7 Å². The van der Waals surface area contributed by atoms with E-state index in [4.69, 9.17) is 4.74 Å². The predicted molar refractivity (Wildman–Crippen MR) is 95.5 cm³/mol. The summed E-state index contributed by atoms with van der Waals surface area (Å²) in [6.45, 7) is 5.36. The molecule has 6 nitrogen and oxygen atoms in total. The van der Waals surface area contributed by atoms with Crippen LogP contribution in [-0.2, 0) is 0 Å². The van der Waals surface area contributed by atoms with Gasteiger partial charge in [0.15, 0.2) is 0 Å². The third-order valence-corrected chi connectivity index (χ3v) is 5.01. The van der Waals surface area contributed by atoms with E-state index in [2.05, 4.69) is 15.9 Å². The molecular weight excluding hydrogens is 337 g/mol. The first-order valence-electron chi connectivity index (χ1n) is 7.99. The molecule has 2 N–H and O–H groups in total. The molecule has 0 aliphatic rings. The van der Waals surface area contributed by atoms with Crippen LogP contribution in [0.3, 0.4) is 0 Å². The molecule has 0 spiro atoms. The van der Waals surface area contributed by atoms with E-state index in [0.29, 0.717) is 44.0 Å². The Hall–Kier alpha value is -3.24. The third-order valence-electron chi connectivity index (χ3n) is 5.01. The molecule has 7 heteroatoms. The number of ether oxygens (including phenoxy) is 1. The van der Waals surface area contributed by atoms with Crippen LogP contribution in [0.25, 0.3) is 27.3 Å². The maximum absolute atomic E-state index is 14.7. The number of rotatable bonds is 2. The molecule has 0 radical (unpaired) electrons. The lowest BCUT2D eigenvalue weighted by Crippen LogP contribution is -2.02. The molecule has 0 bridgehead atoms. The van der Waals surface area contributed by atoms with Crippen LogP contribution < -0.4 is 9.62 Å². The summed E-state index contributed by atoms with van der Waals surface area (Å²) in [4.78, 5) is 7.62. The van der Waals surface area contributed by atoms with Crippen LogP contribution >= 0.6 is 0 Å². The molecule has 0 fully saturated rings. The third kappa shape index (κ3) is 1.82. The molecule has 0 aliphatic heterocycles. The van der Waals surface area contributed by atoms with Crippen molar-refractivity contribution in [2.45, 2.75) is 20.8 Å². The van der Waals surface area contributed by atoms with E-state index in [9.17, 15) is 14.9 Å². The van der Waals surface area contributed by atoms with E-state index in [1.165, 1.54) is 11.5 Å². The van der Waals surface area contributed by atoms with Crippen LogP contribution in [-0.4, -0.2) is 21.8 Å². The molecule has 3 aromatic heterocycles. The first-order chi connectivity index (χ1) is 12.4. The van der Waals surface area contributed by atoms with E-state index in [1.54, 1.807) is 19.9 Å². The van der Waals surface area contributed by atoms with Gasteiger partial charge in [0.1, 0.15) is 23.0 Å². The smallest absolute Gasteiger partial charge is 0.268 e. The second-order valence-corrected chi connectivity index (χ2v) is 6.37. The Bertz CT molecular complexity index is 1260. The van der Waals surface area contributed by atoms with Crippen LogP contribution in [0.2, 0.25) is 0 Å². The molecule has 3 heterocycles. The highest BCUT2D eigenvalue weighted by molar-refractivity contribution is 6.18. The fourth-order valence-corrected chi connectivity index (χ4v) is 3.59. The number of aromatic nitrogens is 2. The van der Waals surface area contributed by atoms with E-state index < -0.39 is 0 Å². The summed E-state index contributed by atoms with van der Waals surface area (Å²) in [5, 5.41) is 20.3. The van der Waals surface area contributed by atoms with Gasteiger partial charge in [0.2, 0.25) is 5.88 Å². The lowest BCUT2D eigenvalue weighted by Gasteiger charge is -2.11. The lowest BCUT2D eigenvalue weighted by molar-refractivity contribution is -0.141. The summed E-state index contributed by atoms with van der Waals surface area (Å²) in [6, 6.07) is 5.80. The Morgan fingerprint density at radius 2 is 1.88 bits per heavy atom. The van der Waals surface area contributed by atoms with Gasteiger partial charge >= 0.3 is 0 Å². The fraction of sp³-hybridized carbons (Fsp3) is 0.211. The normalized spacial score (nSPS) is 11.4. The van der Waals surface area contributed by atoms with Gasteiger partial charge in [-0.1, -0.05) is 0 Å². The second-order valence-electron chi connectivity index (χ2n) is 6.37. The van der Waals surface area contributed by atoms with Crippen molar-refractivity contribution >= 4 is 27.3 Å². The number of benzene rings is 1. The number of nitriles is 1. The van der Waals surface area contributed by atoms with Gasteiger partial charge in [0.05, 0.1) is 18.1 Å². The molecule has 0 unspecified atom stereocenters. The first-order valence-corrected chi connectivity index (χ1v) is 7.99. The highest BCUT2D eigenvalue weighted by Crippen LogP contribution is 2.42. The zero-order chi connectivity index (χ0) is 18.7. The molecule has 4 rings (SSSR count). The number of aromatic amines is 1. The first kappa shape index (κ1) is 16.2. The number of nitrogens with zero attached hydrogens (tertiary/aromatic N) is 2.